The Labute approximate surface area is 142 Å². The first-order chi connectivity index (χ1) is 11.4. The summed E-state index contributed by atoms with van der Waals surface area (Å²) in [6, 6.07) is 15.7. The van der Waals surface area contributed by atoms with Gasteiger partial charge in [0.05, 0.1) is 6.26 Å². The molecule has 0 saturated heterocycles. The van der Waals surface area contributed by atoms with Gasteiger partial charge >= 0.3 is 0 Å². The third kappa shape index (κ3) is 3.74. The largest absolute Gasteiger partial charge is 0.464 e. The van der Waals surface area contributed by atoms with Crippen molar-refractivity contribution >= 4 is 28.6 Å². The van der Waals surface area contributed by atoms with Gasteiger partial charge in [0.25, 0.3) is 0 Å². The average molecular weight is 319 g/mol. The highest BCUT2D eigenvalue weighted by molar-refractivity contribution is 6.02. The molecule has 1 heterocycles. The van der Waals surface area contributed by atoms with Crippen LogP contribution in [0.4, 0.5) is 5.69 Å². The maximum absolute atomic E-state index is 12.1. The molecule has 3 heteroatoms. The second kappa shape index (κ2) is 6.36. The Morgan fingerprint density at radius 2 is 1.79 bits per heavy atom. The van der Waals surface area contributed by atoms with Crippen molar-refractivity contribution < 1.29 is 9.21 Å². The predicted octanol–water partition coefficient (Wildman–Crippen LogP) is 5.38. The molecule has 3 rings (SSSR count). The number of carbonyl (C=O) groups is 1. The molecule has 0 radical (unpaired) electrons. The highest BCUT2D eigenvalue weighted by Crippen LogP contribution is 2.23. The van der Waals surface area contributed by atoms with Crippen LogP contribution in [0, 0.1) is 0 Å². The number of hydrogen-bond donors (Lipinski definition) is 1. The molecule has 24 heavy (non-hydrogen) atoms. The molecule has 0 fully saturated rings. The Morgan fingerprint density at radius 3 is 2.50 bits per heavy atom. The summed E-state index contributed by atoms with van der Waals surface area (Å²) in [5.41, 5.74) is 3.97. The molecule has 3 nitrogen and oxygen atoms in total. The number of fused-ring (bicyclic) bond motifs is 1. The van der Waals surface area contributed by atoms with E-state index in [4.69, 9.17) is 4.42 Å². The lowest BCUT2D eigenvalue weighted by Gasteiger charge is -2.18. The molecule has 0 aliphatic carbocycles. The summed E-state index contributed by atoms with van der Waals surface area (Å²) in [5, 5.41) is 3.83. The normalized spacial score (nSPS) is 12.0. The van der Waals surface area contributed by atoms with Gasteiger partial charge in [-0.1, -0.05) is 45.0 Å². The van der Waals surface area contributed by atoms with Crippen LogP contribution in [0.2, 0.25) is 0 Å². The third-order valence-corrected chi connectivity index (χ3v) is 3.92. The van der Waals surface area contributed by atoms with Crippen LogP contribution in [0.5, 0.6) is 0 Å². The predicted molar refractivity (Wildman–Crippen MR) is 99.0 cm³/mol. The lowest BCUT2D eigenvalue weighted by atomic mass is 9.87. The topological polar surface area (TPSA) is 42.2 Å². The van der Waals surface area contributed by atoms with E-state index in [1.54, 1.807) is 12.3 Å². The van der Waals surface area contributed by atoms with E-state index in [0.717, 1.165) is 22.2 Å². The zero-order chi connectivity index (χ0) is 17.2. The van der Waals surface area contributed by atoms with Gasteiger partial charge in [-0.3, -0.25) is 4.79 Å². The van der Waals surface area contributed by atoms with Crippen molar-refractivity contribution in [1.82, 2.24) is 0 Å². The number of amides is 1. The summed E-state index contributed by atoms with van der Waals surface area (Å²) in [5.74, 6) is -0.155. The van der Waals surface area contributed by atoms with Crippen LogP contribution in [-0.2, 0) is 10.2 Å². The Morgan fingerprint density at radius 1 is 1.04 bits per heavy atom. The molecule has 0 aliphatic heterocycles. The maximum atomic E-state index is 12.1. The Bertz CT molecular complexity index is 880. The van der Waals surface area contributed by atoms with E-state index in [9.17, 15) is 4.79 Å². The minimum Gasteiger partial charge on any atom is -0.464 e. The summed E-state index contributed by atoms with van der Waals surface area (Å²) < 4.78 is 5.29. The number of furan rings is 1. The summed E-state index contributed by atoms with van der Waals surface area (Å²) in [6.45, 7) is 6.55. The molecular formula is C21H21NO2. The number of carbonyl (C=O) groups excluding carboxylic acids is 1. The fourth-order valence-corrected chi connectivity index (χ4v) is 2.49. The van der Waals surface area contributed by atoms with Crippen molar-refractivity contribution in [3.05, 3.63) is 72.0 Å². The minimum absolute atomic E-state index is 0.130. The van der Waals surface area contributed by atoms with Gasteiger partial charge in [-0.2, -0.15) is 0 Å². The van der Waals surface area contributed by atoms with Crippen LogP contribution < -0.4 is 5.32 Å². The van der Waals surface area contributed by atoms with Gasteiger partial charge in [-0.15, -0.1) is 0 Å². The van der Waals surface area contributed by atoms with Crippen LogP contribution in [0.15, 0.2) is 65.3 Å². The van der Waals surface area contributed by atoms with Gasteiger partial charge in [0.15, 0.2) is 0 Å². The molecule has 0 saturated carbocycles. The SMILES string of the molecule is CC(C)(C)c1ccc(/C=C/C(=O)Nc2ccc3occc3c2)cc1. The smallest absolute Gasteiger partial charge is 0.248 e. The van der Waals surface area contributed by atoms with Crippen molar-refractivity contribution in [2.75, 3.05) is 5.32 Å². The molecule has 1 aromatic heterocycles. The zero-order valence-corrected chi connectivity index (χ0v) is 14.2. The van der Waals surface area contributed by atoms with E-state index in [2.05, 4.69) is 38.2 Å². The summed E-state index contributed by atoms with van der Waals surface area (Å²) in [7, 11) is 0. The number of hydrogen-bond acceptors (Lipinski definition) is 2. The van der Waals surface area contributed by atoms with E-state index in [1.165, 1.54) is 5.56 Å². The van der Waals surface area contributed by atoms with Crippen LogP contribution >= 0.6 is 0 Å². The molecule has 0 aliphatic rings. The standard InChI is InChI=1S/C21H21NO2/c1-21(2,3)17-7-4-15(5-8-17)6-11-20(23)22-18-9-10-19-16(14-18)12-13-24-19/h4-14H,1-3H3,(H,22,23)/b11-6+. The van der Waals surface area contributed by atoms with E-state index in [1.807, 2.05) is 42.5 Å². The van der Waals surface area contributed by atoms with Gasteiger partial charge in [-0.25, -0.2) is 0 Å². The summed E-state index contributed by atoms with van der Waals surface area (Å²) in [4.78, 5) is 12.1. The van der Waals surface area contributed by atoms with Crippen LogP contribution in [0.25, 0.3) is 17.0 Å². The van der Waals surface area contributed by atoms with Crippen molar-refractivity contribution in [3.63, 3.8) is 0 Å². The average Bonchev–Trinajstić information content (AvgIpc) is 3.00. The van der Waals surface area contributed by atoms with Gasteiger partial charge < -0.3 is 9.73 Å². The second-order valence-electron chi connectivity index (χ2n) is 6.87. The van der Waals surface area contributed by atoms with Gasteiger partial charge in [0.1, 0.15) is 5.58 Å². The van der Waals surface area contributed by atoms with Crippen LogP contribution in [0.1, 0.15) is 31.9 Å². The van der Waals surface area contributed by atoms with Crippen molar-refractivity contribution in [2.45, 2.75) is 26.2 Å². The van der Waals surface area contributed by atoms with E-state index >= 15 is 0 Å². The second-order valence-corrected chi connectivity index (χ2v) is 6.87. The first-order valence-electron chi connectivity index (χ1n) is 7.99. The van der Waals surface area contributed by atoms with Crippen molar-refractivity contribution in [1.29, 1.82) is 0 Å². The zero-order valence-electron chi connectivity index (χ0n) is 14.2. The highest BCUT2D eigenvalue weighted by Gasteiger charge is 2.12. The lowest BCUT2D eigenvalue weighted by molar-refractivity contribution is -0.111. The first kappa shape index (κ1) is 16.1. The fraction of sp³-hybridized carbons (Fsp3) is 0.190. The molecule has 2 aromatic carbocycles. The molecule has 122 valence electrons. The molecule has 1 N–H and O–H groups in total. The highest BCUT2D eigenvalue weighted by atomic mass is 16.3. The molecular weight excluding hydrogens is 298 g/mol. The molecule has 0 atom stereocenters. The molecule has 0 spiro atoms. The Kier molecular flexibility index (Phi) is 4.26. The number of benzene rings is 2. The van der Waals surface area contributed by atoms with E-state index in [-0.39, 0.29) is 11.3 Å². The minimum atomic E-state index is -0.155. The number of rotatable bonds is 3. The quantitative estimate of drug-likeness (QED) is 0.658. The fourth-order valence-electron chi connectivity index (χ4n) is 2.49. The van der Waals surface area contributed by atoms with Gasteiger partial charge in [0.2, 0.25) is 5.91 Å². The number of nitrogens with one attached hydrogen (secondary N) is 1. The van der Waals surface area contributed by atoms with Crippen LogP contribution in [0.3, 0.4) is 0 Å². The summed E-state index contributed by atoms with van der Waals surface area (Å²) in [6.07, 6.45) is 5.00. The van der Waals surface area contributed by atoms with E-state index in [0.29, 0.717) is 0 Å². The molecule has 0 unspecified atom stereocenters. The maximum Gasteiger partial charge on any atom is 0.248 e. The third-order valence-electron chi connectivity index (χ3n) is 3.92. The first-order valence-corrected chi connectivity index (χ1v) is 7.99. The molecule has 0 bridgehead atoms. The summed E-state index contributed by atoms with van der Waals surface area (Å²) >= 11 is 0. The molecule has 3 aromatic rings. The van der Waals surface area contributed by atoms with Gasteiger partial charge in [-0.05, 0) is 46.9 Å². The Balaban J connectivity index is 1.66. The van der Waals surface area contributed by atoms with Crippen molar-refractivity contribution in [3.8, 4) is 0 Å². The monoisotopic (exact) mass is 319 g/mol. The van der Waals surface area contributed by atoms with Crippen LogP contribution in [-0.4, -0.2) is 5.91 Å². The lowest BCUT2D eigenvalue weighted by Crippen LogP contribution is -2.10. The van der Waals surface area contributed by atoms with Crippen molar-refractivity contribution in [2.24, 2.45) is 0 Å². The van der Waals surface area contributed by atoms with E-state index < -0.39 is 0 Å². The number of anilines is 1. The Hall–Kier alpha value is -2.81. The van der Waals surface area contributed by atoms with Gasteiger partial charge in [0, 0.05) is 17.1 Å². The molecule has 1 amide bonds.